The molecule has 2 aromatic rings. The van der Waals surface area contributed by atoms with Gasteiger partial charge in [-0.1, -0.05) is 42.5 Å². The lowest BCUT2D eigenvalue weighted by Gasteiger charge is -2.25. The Hall–Kier alpha value is -3.55. The van der Waals surface area contributed by atoms with E-state index in [0.29, 0.717) is 5.56 Å². The van der Waals surface area contributed by atoms with Crippen molar-refractivity contribution >= 4 is 23.3 Å². The van der Waals surface area contributed by atoms with Crippen molar-refractivity contribution in [3.8, 4) is 0 Å². The Morgan fingerprint density at radius 2 is 1.68 bits per heavy atom. The highest BCUT2D eigenvalue weighted by molar-refractivity contribution is 6.09. The van der Waals surface area contributed by atoms with Crippen molar-refractivity contribution in [2.75, 3.05) is 6.61 Å². The summed E-state index contributed by atoms with van der Waals surface area (Å²) in [6.07, 6.45) is 0. The third kappa shape index (κ3) is 5.00. The van der Waals surface area contributed by atoms with Gasteiger partial charge in [0, 0.05) is 24.6 Å². The van der Waals surface area contributed by atoms with Gasteiger partial charge in [-0.25, -0.2) is 0 Å². The predicted octanol–water partition coefficient (Wildman–Crippen LogP) is 2.83. The minimum absolute atomic E-state index is 0.0600. The number of amides is 1. The number of hydrogen-bond acceptors (Lipinski definition) is 6. The first-order valence-corrected chi connectivity index (χ1v) is 8.62. The molecule has 0 aliphatic rings. The SMILES string of the molecule is CCOC(=O)C(C(=O)c1ccccc1)C(NC(C)=O)c1ccc([N+](=O)[O-])cc1. The molecule has 0 spiro atoms. The number of ether oxygens (including phenoxy) is 1. The number of nitrogens with zero attached hydrogens (tertiary/aromatic N) is 1. The molecule has 2 rings (SSSR count). The Bertz CT molecular complexity index is 864. The van der Waals surface area contributed by atoms with E-state index in [0.717, 1.165) is 0 Å². The van der Waals surface area contributed by atoms with Crippen molar-refractivity contribution in [3.63, 3.8) is 0 Å². The van der Waals surface area contributed by atoms with Gasteiger partial charge in [0.15, 0.2) is 5.78 Å². The summed E-state index contributed by atoms with van der Waals surface area (Å²) in [7, 11) is 0. The van der Waals surface area contributed by atoms with Crippen LogP contribution in [0.15, 0.2) is 54.6 Å². The van der Waals surface area contributed by atoms with Gasteiger partial charge in [0.1, 0.15) is 5.92 Å². The van der Waals surface area contributed by atoms with E-state index in [1.165, 1.54) is 31.2 Å². The molecule has 0 aromatic heterocycles. The molecule has 146 valence electrons. The van der Waals surface area contributed by atoms with Crippen LogP contribution in [-0.2, 0) is 14.3 Å². The molecule has 0 aliphatic heterocycles. The summed E-state index contributed by atoms with van der Waals surface area (Å²) >= 11 is 0. The molecule has 1 amide bonds. The predicted molar refractivity (Wildman–Crippen MR) is 101 cm³/mol. The van der Waals surface area contributed by atoms with Crippen LogP contribution in [0.2, 0.25) is 0 Å². The lowest BCUT2D eigenvalue weighted by molar-refractivity contribution is -0.384. The van der Waals surface area contributed by atoms with Crippen LogP contribution in [0.1, 0.15) is 35.8 Å². The zero-order valence-electron chi connectivity index (χ0n) is 15.5. The van der Waals surface area contributed by atoms with Crippen molar-refractivity contribution in [1.82, 2.24) is 5.32 Å². The molecule has 0 saturated carbocycles. The molecule has 0 saturated heterocycles. The molecule has 0 heterocycles. The number of nitro groups is 1. The molecule has 1 N–H and O–H groups in total. The molecule has 2 aromatic carbocycles. The first-order valence-electron chi connectivity index (χ1n) is 8.62. The molecular weight excluding hydrogens is 364 g/mol. The Morgan fingerprint density at radius 3 is 2.18 bits per heavy atom. The topological polar surface area (TPSA) is 116 Å². The molecule has 0 aliphatic carbocycles. The largest absolute Gasteiger partial charge is 0.465 e. The Morgan fingerprint density at radius 1 is 1.07 bits per heavy atom. The third-order valence-electron chi connectivity index (χ3n) is 4.04. The van der Waals surface area contributed by atoms with Gasteiger partial charge in [-0.3, -0.25) is 24.5 Å². The van der Waals surface area contributed by atoms with Gasteiger partial charge >= 0.3 is 5.97 Å². The fraction of sp³-hybridized carbons (Fsp3) is 0.250. The second-order valence-electron chi connectivity index (χ2n) is 5.99. The van der Waals surface area contributed by atoms with Gasteiger partial charge in [-0.2, -0.15) is 0 Å². The lowest BCUT2D eigenvalue weighted by atomic mass is 9.86. The highest BCUT2D eigenvalue weighted by Crippen LogP contribution is 2.28. The van der Waals surface area contributed by atoms with E-state index in [9.17, 15) is 24.5 Å². The standard InChI is InChI=1S/C20H20N2O6/c1-3-28-20(25)17(19(24)15-7-5-4-6-8-15)18(21-13(2)23)14-9-11-16(12-10-14)22(26)27/h4-12,17-18H,3H2,1-2H3,(H,21,23). The van der Waals surface area contributed by atoms with E-state index >= 15 is 0 Å². The molecule has 8 nitrogen and oxygen atoms in total. The molecular formula is C20H20N2O6. The summed E-state index contributed by atoms with van der Waals surface area (Å²) in [5, 5.41) is 13.5. The molecule has 0 bridgehead atoms. The first kappa shape index (κ1) is 20.8. The van der Waals surface area contributed by atoms with Crippen LogP contribution in [-0.4, -0.2) is 29.2 Å². The summed E-state index contributed by atoms with van der Waals surface area (Å²) in [5.41, 5.74) is 0.522. The van der Waals surface area contributed by atoms with Crippen LogP contribution in [0.4, 0.5) is 5.69 Å². The van der Waals surface area contributed by atoms with Gasteiger partial charge in [-0.15, -0.1) is 0 Å². The molecule has 0 radical (unpaired) electrons. The maximum absolute atomic E-state index is 13.1. The summed E-state index contributed by atoms with van der Waals surface area (Å²) in [6.45, 7) is 2.93. The number of benzene rings is 2. The first-order chi connectivity index (χ1) is 13.3. The van der Waals surface area contributed by atoms with E-state index in [1.807, 2.05) is 0 Å². The van der Waals surface area contributed by atoms with Crippen LogP contribution in [0, 0.1) is 16.0 Å². The average molecular weight is 384 g/mol. The normalized spacial score (nSPS) is 12.5. The van der Waals surface area contributed by atoms with Gasteiger partial charge in [0.2, 0.25) is 5.91 Å². The number of rotatable bonds is 8. The Kier molecular flexibility index (Phi) is 6.97. The smallest absolute Gasteiger partial charge is 0.319 e. The van der Waals surface area contributed by atoms with Gasteiger partial charge in [0.05, 0.1) is 17.6 Å². The summed E-state index contributed by atoms with van der Waals surface area (Å²) in [5.74, 6) is -3.10. The van der Waals surface area contributed by atoms with Crippen LogP contribution in [0.25, 0.3) is 0 Å². The van der Waals surface area contributed by atoms with E-state index in [-0.39, 0.29) is 17.9 Å². The van der Waals surface area contributed by atoms with Crippen LogP contribution in [0.5, 0.6) is 0 Å². The molecule has 28 heavy (non-hydrogen) atoms. The molecule has 2 atom stereocenters. The maximum atomic E-state index is 13.1. The van der Waals surface area contributed by atoms with Gasteiger partial charge < -0.3 is 10.1 Å². The van der Waals surface area contributed by atoms with E-state index in [1.54, 1.807) is 37.3 Å². The van der Waals surface area contributed by atoms with Crippen molar-refractivity contribution in [3.05, 3.63) is 75.8 Å². The Balaban J connectivity index is 2.51. The Labute approximate surface area is 161 Å². The monoisotopic (exact) mass is 384 g/mol. The highest BCUT2D eigenvalue weighted by atomic mass is 16.6. The van der Waals surface area contributed by atoms with Gasteiger partial charge in [0.25, 0.3) is 5.69 Å². The summed E-state index contributed by atoms with van der Waals surface area (Å²) in [6, 6.07) is 12.5. The van der Waals surface area contributed by atoms with Gasteiger partial charge in [-0.05, 0) is 12.5 Å². The van der Waals surface area contributed by atoms with Crippen LogP contribution in [0.3, 0.4) is 0 Å². The fourth-order valence-electron chi connectivity index (χ4n) is 2.79. The highest BCUT2D eigenvalue weighted by Gasteiger charge is 2.38. The summed E-state index contributed by atoms with van der Waals surface area (Å²) in [4.78, 5) is 47.8. The van der Waals surface area contributed by atoms with E-state index in [4.69, 9.17) is 4.74 Å². The second-order valence-corrected chi connectivity index (χ2v) is 5.99. The quantitative estimate of drug-likeness (QED) is 0.246. The molecule has 8 heteroatoms. The van der Waals surface area contributed by atoms with Crippen molar-refractivity contribution in [2.45, 2.75) is 19.9 Å². The zero-order valence-corrected chi connectivity index (χ0v) is 15.5. The third-order valence-corrected chi connectivity index (χ3v) is 4.04. The van der Waals surface area contributed by atoms with Crippen molar-refractivity contribution in [2.24, 2.45) is 5.92 Å². The molecule has 2 unspecified atom stereocenters. The number of nitro benzene ring substituents is 1. The zero-order chi connectivity index (χ0) is 20.7. The maximum Gasteiger partial charge on any atom is 0.319 e. The minimum atomic E-state index is -1.34. The number of carbonyl (C=O) groups is 3. The van der Waals surface area contributed by atoms with E-state index in [2.05, 4.69) is 5.32 Å². The summed E-state index contributed by atoms with van der Waals surface area (Å²) < 4.78 is 5.07. The second kappa shape index (κ2) is 9.40. The van der Waals surface area contributed by atoms with Crippen molar-refractivity contribution < 1.29 is 24.0 Å². The number of carbonyl (C=O) groups excluding carboxylic acids is 3. The number of hydrogen-bond donors (Lipinski definition) is 1. The minimum Gasteiger partial charge on any atom is -0.465 e. The number of nitrogens with one attached hydrogen (secondary N) is 1. The number of Topliss-reactive ketones (excluding diaryl/α,β-unsaturated/α-hetero) is 1. The van der Waals surface area contributed by atoms with Crippen molar-refractivity contribution in [1.29, 1.82) is 0 Å². The van der Waals surface area contributed by atoms with E-state index < -0.39 is 34.5 Å². The number of ketones is 1. The molecule has 0 fully saturated rings. The van der Waals surface area contributed by atoms with Crippen LogP contribution < -0.4 is 5.32 Å². The average Bonchev–Trinajstić information content (AvgIpc) is 2.68. The fourth-order valence-corrected chi connectivity index (χ4v) is 2.79. The number of non-ortho nitro benzene ring substituents is 1. The van der Waals surface area contributed by atoms with Crippen LogP contribution >= 0.6 is 0 Å². The lowest BCUT2D eigenvalue weighted by Crippen LogP contribution is -2.40. The number of esters is 1.